The van der Waals surface area contributed by atoms with E-state index in [2.05, 4.69) is 0 Å². The zero-order valence-electron chi connectivity index (χ0n) is 5.61. The Labute approximate surface area is 142 Å². The Bertz CT molecular complexity index is 31.3. The van der Waals surface area contributed by atoms with Gasteiger partial charge in [0, 0.05) is 0 Å². The number of hydrogen-bond acceptors (Lipinski definition) is 6. The second-order valence-corrected chi connectivity index (χ2v) is 2.54. The van der Waals surface area contributed by atoms with Crippen molar-refractivity contribution in [1.29, 1.82) is 0 Å². The summed E-state index contributed by atoms with van der Waals surface area (Å²) in [6.45, 7) is 0. The summed E-state index contributed by atoms with van der Waals surface area (Å²) in [7, 11) is 0. The molecule has 0 aliphatic rings. The van der Waals surface area contributed by atoms with Crippen molar-refractivity contribution in [2.24, 2.45) is 0 Å². The molecular weight excluding hydrogens is 523 g/mol. The van der Waals surface area contributed by atoms with Gasteiger partial charge in [-0.25, -0.2) is 0 Å². The van der Waals surface area contributed by atoms with E-state index in [1.807, 2.05) is 0 Å². The maximum absolute atomic E-state index is 8.57. The van der Waals surface area contributed by atoms with Crippen molar-refractivity contribution in [3.8, 4) is 0 Å². The van der Waals surface area contributed by atoms with E-state index in [1.54, 1.807) is 0 Å². The van der Waals surface area contributed by atoms with Crippen molar-refractivity contribution in [2.75, 3.05) is 0 Å². The van der Waals surface area contributed by atoms with Crippen LogP contribution in [0.5, 0.6) is 0 Å². The first-order chi connectivity index (χ1) is 3.46. The van der Waals surface area contributed by atoms with Gasteiger partial charge in [-0.2, -0.15) is 0 Å². The van der Waals surface area contributed by atoms with Gasteiger partial charge in [-0.15, -0.1) is 24.0 Å². The summed E-state index contributed by atoms with van der Waals surface area (Å²) in [4.78, 5) is 0. The summed E-state index contributed by atoms with van der Waals surface area (Å²) in [5.41, 5.74) is 0. The normalized spacial score (nSPS) is 6.55. The zero-order chi connectivity index (χ0) is 7.15. The maximum atomic E-state index is 8.57. The Hall–Kier alpha value is 3.95. The molecule has 0 amide bonds. The molecule has 0 saturated carbocycles. The monoisotopic (exact) mass is 524 g/mol. The van der Waals surface area contributed by atoms with Gasteiger partial charge < -0.3 is 20.6 Å². The third kappa shape index (κ3) is 128. The fourth-order valence-electron chi connectivity index (χ4n) is 0. The molecule has 0 aliphatic carbocycles. The minimum absolute atomic E-state index is 0. The second kappa shape index (κ2) is 23.6. The standard InChI is InChI=1S/2IO3.HI.2Na/c2*2-1(3)4;;;/h;;1H;;/q2*-1;;2*+1. The predicted molar refractivity (Wildman–Crippen MR) is 15.4 cm³/mol. The smallest absolute Gasteiger partial charge is 0.427 e. The molecule has 11 heteroatoms. The van der Waals surface area contributed by atoms with E-state index in [1.165, 1.54) is 0 Å². The average molecular weight is 524 g/mol. The predicted octanol–water partition coefficient (Wildman–Crippen LogP) is -18.5. The Kier molecular flexibility index (Phi) is 63.1. The zero-order valence-corrected chi connectivity index (χ0v) is 16.3. The van der Waals surface area contributed by atoms with Crippen LogP contribution < -0.4 is 122 Å². The van der Waals surface area contributed by atoms with Crippen LogP contribution in [0.15, 0.2) is 0 Å². The van der Waals surface area contributed by atoms with Crippen LogP contribution in [0.4, 0.5) is 0 Å². The van der Waals surface area contributed by atoms with E-state index in [0.717, 1.165) is 0 Å². The van der Waals surface area contributed by atoms with Crippen LogP contribution in [0, 0.1) is 0 Å². The number of hydrogen-bond donors (Lipinski definition) is 0. The second-order valence-electron chi connectivity index (χ2n) is 0.378. The van der Waals surface area contributed by atoms with Gasteiger partial charge in [-0.05, 0) is 0 Å². The first-order valence-corrected chi connectivity index (χ1v) is 6.21. The van der Waals surface area contributed by atoms with Crippen molar-refractivity contribution in [2.45, 2.75) is 0 Å². The summed E-state index contributed by atoms with van der Waals surface area (Å²) in [6, 6.07) is 0. The minimum Gasteiger partial charge on any atom is -0.427 e. The molecule has 6 nitrogen and oxygen atoms in total. The molecule has 0 aromatic carbocycles. The van der Waals surface area contributed by atoms with Crippen LogP contribution in [-0.2, 0) is 0 Å². The topological polar surface area (TPSA) is 138 Å². The molecule has 0 spiro atoms. The molecule has 0 rings (SSSR count). The molecule has 0 heterocycles. The molecule has 0 aliphatic heterocycles. The Morgan fingerprint density at radius 2 is 0.545 bits per heavy atom. The van der Waals surface area contributed by atoms with Crippen LogP contribution in [-0.4, -0.2) is 0 Å². The fraction of sp³-hybridized carbons (Fsp3) is 0. The molecule has 11 heavy (non-hydrogen) atoms. The van der Waals surface area contributed by atoms with Gasteiger partial charge in [0.2, 0.25) is 0 Å². The van der Waals surface area contributed by atoms with Gasteiger partial charge in [-0.1, -0.05) is 0 Å². The van der Waals surface area contributed by atoms with Crippen LogP contribution in [0.2, 0.25) is 0 Å². The first kappa shape index (κ1) is 29.4. The summed E-state index contributed by atoms with van der Waals surface area (Å²) in [5, 5.41) is 0. The van der Waals surface area contributed by atoms with Gasteiger partial charge in [0.15, 0.2) is 0 Å². The number of rotatable bonds is 0. The van der Waals surface area contributed by atoms with Gasteiger partial charge in [0.1, 0.15) is 0 Å². The van der Waals surface area contributed by atoms with Crippen molar-refractivity contribution in [3.63, 3.8) is 0 Å². The van der Waals surface area contributed by atoms with E-state index in [4.69, 9.17) is 20.6 Å². The summed E-state index contributed by atoms with van der Waals surface area (Å²) in [6.07, 6.45) is 0. The van der Waals surface area contributed by atoms with E-state index in [0.29, 0.717) is 0 Å². The molecule has 0 N–H and O–H groups in total. The summed E-state index contributed by atoms with van der Waals surface area (Å²) >= 11 is -8.03. The molecule has 60 valence electrons. The first-order valence-electron chi connectivity index (χ1n) is 0.926. The molecular formula is HI3Na2O6. The molecule has 0 unspecified atom stereocenters. The van der Waals surface area contributed by atoms with Crippen molar-refractivity contribution < 1.29 is 122 Å². The van der Waals surface area contributed by atoms with Crippen LogP contribution >= 0.6 is 24.0 Å². The molecule has 0 saturated heterocycles. The molecule has 0 bridgehead atoms. The summed E-state index contributed by atoms with van der Waals surface area (Å²) < 4.78 is 51.4. The third-order valence-electron chi connectivity index (χ3n) is 0. The Morgan fingerprint density at radius 3 is 0.545 bits per heavy atom. The molecule has 0 aromatic rings. The molecule has 0 fully saturated rings. The van der Waals surface area contributed by atoms with E-state index in [-0.39, 0.29) is 83.1 Å². The average Bonchev–Trinajstić information content (AvgIpc) is 1.25. The Balaban J connectivity index is -0.0000000171. The molecule has 0 atom stereocenters. The molecule has 0 radical (unpaired) electrons. The Morgan fingerprint density at radius 1 is 0.545 bits per heavy atom. The largest absolute Gasteiger partial charge is 1.00 e. The maximum Gasteiger partial charge on any atom is 1.00 e. The van der Waals surface area contributed by atoms with Crippen LogP contribution in [0.1, 0.15) is 0 Å². The van der Waals surface area contributed by atoms with Crippen molar-refractivity contribution in [3.05, 3.63) is 0 Å². The number of halogens is 3. The van der Waals surface area contributed by atoms with E-state index < -0.39 is 42.1 Å². The molecule has 0 aromatic heterocycles. The van der Waals surface area contributed by atoms with Crippen molar-refractivity contribution in [1.82, 2.24) is 0 Å². The van der Waals surface area contributed by atoms with Gasteiger partial charge >= 0.3 is 59.1 Å². The van der Waals surface area contributed by atoms with Gasteiger partial charge in [0.25, 0.3) is 42.1 Å². The van der Waals surface area contributed by atoms with E-state index in [9.17, 15) is 0 Å². The van der Waals surface area contributed by atoms with Crippen LogP contribution in [0.3, 0.4) is 0 Å². The van der Waals surface area contributed by atoms with E-state index >= 15 is 0 Å². The minimum atomic E-state index is -4.01. The SMILES string of the molecule is I.[Na+].[Na+].[O-][I+2]([O-])[O-].[O-][I+2]([O-])[O-]. The third-order valence-corrected chi connectivity index (χ3v) is 0. The van der Waals surface area contributed by atoms with Crippen LogP contribution in [0.25, 0.3) is 0 Å². The van der Waals surface area contributed by atoms with Gasteiger partial charge in [-0.3, -0.25) is 0 Å². The fourth-order valence-corrected chi connectivity index (χ4v) is 0. The summed E-state index contributed by atoms with van der Waals surface area (Å²) in [5.74, 6) is 0. The van der Waals surface area contributed by atoms with Crippen molar-refractivity contribution >= 4 is 24.0 Å². The quantitative estimate of drug-likeness (QED) is 0.228. The van der Waals surface area contributed by atoms with Gasteiger partial charge in [0.05, 0.1) is 0 Å².